The average molecular weight is 264 g/mol. The molecule has 0 aliphatic carbocycles. The van der Waals surface area contributed by atoms with Crippen molar-refractivity contribution in [1.29, 1.82) is 0 Å². The number of carboxylic acids is 1. The third-order valence-corrected chi connectivity index (χ3v) is 3.02. The molecule has 0 aliphatic heterocycles. The van der Waals surface area contributed by atoms with Crippen molar-refractivity contribution in [3.05, 3.63) is 30.1 Å². The highest BCUT2D eigenvalue weighted by molar-refractivity contribution is 5.94. The molecular weight excluding hydrogens is 244 g/mol. The molecule has 2 atom stereocenters. The first-order valence-electron chi connectivity index (χ1n) is 6.44. The van der Waals surface area contributed by atoms with Crippen molar-refractivity contribution in [1.82, 2.24) is 10.3 Å². The summed E-state index contributed by atoms with van der Waals surface area (Å²) in [4.78, 5) is 26.3. The molecule has 0 aromatic carbocycles. The van der Waals surface area contributed by atoms with Crippen molar-refractivity contribution in [2.24, 2.45) is 5.92 Å². The highest BCUT2D eigenvalue weighted by Gasteiger charge is 2.13. The Hall–Kier alpha value is -1.91. The average Bonchev–Trinajstić information content (AvgIpc) is 2.39. The SMILES string of the molecule is CC(CCCC(C)C(=O)O)NC(=O)c1ccncc1. The summed E-state index contributed by atoms with van der Waals surface area (Å²) in [7, 11) is 0. The number of nitrogens with one attached hydrogen (secondary N) is 1. The van der Waals surface area contributed by atoms with E-state index in [2.05, 4.69) is 10.3 Å². The van der Waals surface area contributed by atoms with Gasteiger partial charge in [0, 0.05) is 24.0 Å². The van der Waals surface area contributed by atoms with Gasteiger partial charge in [-0.15, -0.1) is 0 Å². The Bertz CT molecular complexity index is 420. The first kappa shape index (κ1) is 15.1. The summed E-state index contributed by atoms with van der Waals surface area (Å²) in [5, 5.41) is 11.7. The van der Waals surface area contributed by atoms with E-state index in [0.29, 0.717) is 12.0 Å². The Morgan fingerprint density at radius 3 is 2.47 bits per heavy atom. The Kier molecular flexibility index (Phi) is 5.99. The van der Waals surface area contributed by atoms with E-state index in [9.17, 15) is 9.59 Å². The second-order valence-electron chi connectivity index (χ2n) is 4.78. The predicted octanol–water partition coefficient (Wildman–Crippen LogP) is 2.09. The molecule has 0 fully saturated rings. The van der Waals surface area contributed by atoms with Crippen LogP contribution < -0.4 is 5.32 Å². The molecule has 0 spiro atoms. The zero-order valence-corrected chi connectivity index (χ0v) is 11.3. The van der Waals surface area contributed by atoms with E-state index in [1.54, 1.807) is 31.5 Å². The molecule has 104 valence electrons. The van der Waals surface area contributed by atoms with Crippen molar-refractivity contribution in [2.45, 2.75) is 39.2 Å². The summed E-state index contributed by atoms with van der Waals surface area (Å²) in [5.74, 6) is -1.22. The smallest absolute Gasteiger partial charge is 0.306 e. The molecule has 5 nitrogen and oxygen atoms in total. The number of nitrogens with zero attached hydrogens (tertiary/aromatic N) is 1. The van der Waals surface area contributed by atoms with Gasteiger partial charge >= 0.3 is 5.97 Å². The van der Waals surface area contributed by atoms with Gasteiger partial charge in [-0.25, -0.2) is 0 Å². The van der Waals surface area contributed by atoms with Gasteiger partial charge in [0.2, 0.25) is 0 Å². The number of pyridine rings is 1. The van der Waals surface area contributed by atoms with Crippen LogP contribution in [0.5, 0.6) is 0 Å². The molecule has 2 unspecified atom stereocenters. The van der Waals surface area contributed by atoms with Gasteiger partial charge in [-0.1, -0.05) is 13.3 Å². The summed E-state index contributed by atoms with van der Waals surface area (Å²) >= 11 is 0. The molecule has 0 aliphatic rings. The van der Waals surface area contributed by atoms with E-state index >= 15 is 0 Å². The third kappa shape index (κ3) is 5.50. The van der Waals surface area contributed by atoms with Crippen LogP contribution in [0.15, 0.2) is 24.5 Å². The second-order valence-corrected chi connectivity index (χ2v) is 4.78. The van der Waals surface area contributed by atoms with Crippen molar-refractivity contribution < 1.29 is 14.7 Å². The number of carbonyl (C=O) groups excluding carboxylic acids is 1. The molecule has 0 saturated heterocycles. The van der Waals surface area contributed by atoms with E-state index in [1.165, 1.54) is 0 Å². The Balaban J connectivity index is 2.30. The molecule has 2 N–H and O–H groups in total. The van der Waals surface area contributed by atoms with Gasteiger partial charge in [-0.2, -0.15) is 0 Å². The predicted molar refractivity (Wildman–Crippen MR) is 71.8 cm³/mol. The lowest BCUT2D eigenvalue weighted by Crippen LogP contribution is -2.32. The highest BCUT2D eigenvalue weighted by Crippen LogP contribution is 2.10. The number of rotatable bonds is 7. The summed E-state index contributed by atoms with van der Waals surface area (Å²) in [6, 6.07) is 3.35. The molecule has 0 saturated carbocycles. The van der Waals surface area contributed by atoms with E-state index in [-0.39, 0.29) is 17.9 Å². The van der Waals surface area contributed by atoms with Gasteiger partial charge in [0.25, 0.3) is 5.91 Å². The fourth-order valence-corrected chi connectivity index (χ4v) is 1.74. The van der Waals surface area contributed by atoms with Gasteiger partial charge in [-0.05, 0) is 31.9 Å². The maximum absolute atomic E-state index is 11.8. The molecule has 0 bridgehead atoms. The van der Waals surface area contributed by atoms with Crippen LogP contribution in [0.1, 0.15) is 43.5 Å². The second kappa shape index (κ2) is 7.51. The first-order valence-corrected chi connectivity index (χ1v) is 6.44. The Labute approximate surface area is 113 Å². The van der Waals surface area contributed by atoms with Gasteiger partial charge in [0.05, 0.1) is 5.92 Å². The molecule has 5 heteroatoms. The maximum atomic E-state index is 11.8. The minimum atomic E-state index is -0.770. The topological polar surface area (TPSA) is 79.3 Å². The molecule has 1 amide bonds. The van der Waals surface area contributed by atoms with Crippen LogP contribution in [-0.2, 0) is 4.79 Å². The summed E-state index contributed by atoms with van der Waals surface area (Å²) < 4.78 is 0. The van der Waals surface area contributed by atoms with Crippen molar-refractivity contribution >= 4 is 11.9 Å². The standard InChI is InChI=1S/C14H20N2O3/c1-10(14(18)19)4-3-5-11(2)16-13(17)12-6-8-15-9-7-12/h6-11H,3-5H2,1-2H3,(H,16,17)(H,18,19). The number of carboxylic acid groups (broad SMARTS) is 1. The Morgan fingerprint density at radius 2 is 1.89 bits per heavy atom. The lowest BCUT2D eigenvalue weighted by Gasteiger charge is -2.14. The number of amides is 1. The lowest BCUT2D eigenvalue weighted by molar-refractivity contribution is -0.141. The third-order valence-electron chi connectivity index (χ3n) is 3.02. The molecule has 1 aromatic rings. The van der Waals surface area contributed by atoms with Crippen molar-refractivity contribution in [3.63, 3.8) is 0 Å². The monoisotopic (exact) mass is 264 g/mol. The van der Waals surface area contributed by atoms with Crippen molar-refractivity contribution in [2.75, 3.05) is 0 Å². The minimum Gasteiger partial charge on any atom is -0.481 e. The maximum Gasteiger partial charge on any atom is 0.306 e. The van der Waals surface area contributed by atoms with Gasteiger partial charge in [0.15, 0.2) is 0 Å². The van der Waals surface area contributed by atoms with Crippen LogP contribution in [0.2, 0.25) is 0 Å². The van der Waals surface area contributed by atoms with Gasteiger partial charge in [0.1, 0.15) is 0 Å². The zero-order chi connectivity index (χ0) is 14.3. The number of carbonyl (C=O) groups is 2. The number of aliphatic carboxylic acids is 1. The molecule has 0 radical (unpaired) electrons. The lowest BCUT2D eigenvalue weighted by atomic mass is 10.0. The normalized spacial score (nSPS) is 13.6. The molecular formula is C14H20N2O3. The first-order chi connectivity index (χ1) is 9.00. The number of hydrogen-bond acceptors (Lipinski definition) is 3. The summed E-state index contributed by atoms with van der Waals surface area (Å²) in [6.45, 7) is 3.62. The summed E-state index contributed by atoms with van der Waals surface area (Å²) in [5.41, 5.74) is 0.584. The zero-order valence-electron chi connectivity index (χ0n) is 11.3. The van der Waals surface area contributed by atoms with Crippen LogP contribution >= 0.6 is 0 Å². The van der Waals surface area contributed by atoms with E-state index in [1.807, 2.05) is 6.92 Å². The van der Waals surface area contributed by atoms with Crippen LogP contribution in [0, 0.1) is 5.92 Å². The molecule has 1 aromatic heterocycles. The van der Waals surface area contributed by atoms with E-state index in [4.69, 9.17) is 5.11 Å². The largest absolute Gasteiger partial charge is 0.481 e. The molecule has 19 heavy (non-hydrogen) atoms. The quantitative estimate of drug-likeness (QED) is 0.790. The van der Waals surface area contributed by atoms with Crippen molar-refractivity contribution in [3.8, 4) is 0 Å². The van der Waals surface area contributed by atoms with Crippen LogP contribution in [-0.4, -0.2) is 28.0 Å². The van der Waals surface area contributed by atoms with Gasteiger partial charge < -0.3 is 10.4 Å². The van der Waals surface area contributed by atoms with Gasteiger partial charge in [-0.3, -0.25) is 14.6 Å². The number of aromatic nitrogens is 1. The number of hydrogen-bond donors (Lipinski definition) is 2. The fraction of sp³-hybridized carbons (Fsp3) is 0.500. The summed E-state index contributed by atoms with van der Waals surface area (Å²) in [6.07, 6.45) is 5.34. The highest BCUT2D eigenvalue weighted by atomic mass is 16.4. The molecule has 1 rings (SSSR count). The fourth-order valence-electron chi connectivity index (χ4n) is 1.74. The molecule has 1 heterocycles. The van der Waals surface area contributed by atoms with E-state index in [0.717, 1.165) is 12.8 Å². The van der Waals surface area contributed by atoms with Crippen LogP contribution in [0.3, 0.4) is 0 Å². The van der Waals surface area contributed by atoms with E-state index < -0.39 is 5.97 Å². The Morgan fingerprint density at radius 1 is 1.26 bits per heavy atom. The van der Waals surface area contributed by atoms with Crippen LogP contribution in [0.25, 0.3) is 0 Å². The van der Waals surface area contributed by atoms with Crippen LogP contribution in [0.4, 0.5) is 0 Å². The minimum absolute atomic E-state index is 0.0293.